The van der Waals surface area contributed by atoms with E-state index in [1.54, 1.807) is 0 Å². The Hall–Kier alpha value is -1.08. The average Bonchev–Trinajstić information content (AvgIpc) is 2.19. The summed E-state index contributed by atoms with van der Waals surface area (Å²) in [4.78, 5) is 0. The van der Waals surface area contributed by atoms with Gasteiger partial charge in [-0.1, -0.05) is 49.4 Å². The summed E-state index contributed by atoms with van der Waals surface area (Å²) in [6.07, 6.45) is 5.03. The molecule has 1 aromatic carbocycles. The van der Waals surface area contributed by atoms with E-state index in [2.05, 4.69) is 25.1 Å². The third-order valence-corrected chi connectivity index (χ3v) is 1.59. The zero-order chi connectivity index (χ0) is 9.36. The second-order valence-electron chi connectivity index (χ2n) is 2.72. The molecule has 0 amide bonds. The Bertz CT molecular complexity index is 239. The first-order valence-electron chi connectivity index (χ1n) is 4.58. The van der Waals surface area contributed by atoms with Gasteiger partial charge in [-0.15, -0.1) is 0 Å². The first kappa shape index (κ1) is 10.0. The lowest BCUT2D eigenvalue weighted by Gasteiger charge is -1.95. The van der Waals surface area contributed by atoms with E-state index in [0.29, 0.717) is 6.61 Å². The van der Waals surface area contributed by atoms with Crippen LogP contribution in [-0.4, -0.2) is 6.61 Å². The molecule has 1 aromatic rings. The molecule has 0 aliphatic rings. The molecule has 1 nitrogen and oxygen atoms in total. The van der Waals surface area contributed by atoms with Crippen molar-refractivity contribution < 1.29 is 4.74 Å². The molecule has 0 spiro atoms. The molecule has 0 N–H and O–H groups in total. The third-order valence-electron chi connectivity index (χ3n) is 1.59. The minimum atomic E-state index is 0.655. The van der Waals surface area contributed by atoms with E-state index in [1.807, 2.05) is 30.9 Å². The lowest BCUT2D eigenvalue weighted by atomic mass is 10.2. The highest BCUT2D eigenvalue weighted by Gasteiger charge is 1.83. The van der Waals surface area contributed by atoms with Crippen LogP contribution >= 0.6 is 0 Å². The average molecular weight is 175 g/mol. The van der Waals surface area contributed by atoms with Crippen LogP contribution in [0.4, 0.5) is 0 Å². The second-order valence-corrected chi connectivity index (χ2v) is 2.72. The minimum absolute atomic E-state index is 0.655. The van der Waals surface area contributed by atoms with Gasteiger partial charge in [0, 0.05) is 0 Å². The number of rotatable bonds is 5. The molecule has 0 heterocycles. The molecule has 0 unspecified atom stereocenters. The molecule has 0 aliphatic carbocycles. The monoisotopic (exact) mass is 175 g/mol. The summed E-state index contributed by atoms with van der Waals surface area (Å²) in [6.45, 7) is 4.53. The third kappa shape index (κ3) is 4.48. The van der Waals surface area contributed by atoms with E-state index in [-0.39, 0.29) is 0 Å². The maximum atomic E-state index is 5.19. The Morgan fingerprint density at radius 3 is 2.69 bits per heavy atom. The van der Waals surface area contributed by atoms with Crippen LogP contribution in [0.3, 0.4) is 0 Å². The van der Waals surface area contributed by atoms with Gasteiger partial charge in [0.2, 0.25) is 0 Å². The molecule has 0 aromatic heterocycles. The number of benzene rings is 1. The van der Waals surface area contributed by atoms with Crippen LogP contribution in [0.25, 0.3) is 6.08 Å². The zero-order valence-electron chi connectivity index (χ0n) is 7.94. The van der Waals surface area contributed by atoms with Crippen molar-refractivity contribution in [1.29, 1.82) is 0 Å². The van der Waals surface area contributed by atoms with Gasteiger partial charge in [0.15, 0.2) is 0 Å². The van der Waals surface area contributed by atoms with Gasteiger partial charge in [-0.05, 0) is 12.0 Å². The van der Waals surface area contributed by atoms with E-state index in [4.69, 9.17) is 4.74 Å². The zero-order valence-corrected chi connectivity index (χ0v) is 7.94. The second kappa shape index (κ2) is 6.44. The Morgan fingerprint density at radius 2 is 2.00 bits per heavy atom. The molecular weight excluding hydrogens is 160 g/mol. The standard InChI is InChI=1S/C12H15O/c1-2-10-13-11-6-9-12-7-4-3-5-8-12/h3-10H,2,11H2,1H3/b9-6+. The summed E-state index contributed by atoms with van der Waals surface area (Å²) in [6, 6.07) is 10.2. The summed E-state index contributed by atoms with van der Waals surface area (Å²) in [7, 11) is 0. The van der Waals surface area contributed by atoms with Crippen LogP contribution in [0.15, 0.2) is 36.4 Å². The summed E-state index contributed by atoms with van der Waals surface area (Å²) < 4.78 is 5.19. The molecule has 1 rings (SSSR count). The van der Waals surface area contributed by atoms with Crippen LogP contribution in [-0.2, 0) is 4.74 Å². The molecule has 0 saturated carbocycles. The Balaban J connectivity index is 2.25. The fraction of sp³-hybridized carbons (Fsp3) is 0.250. The van der Waals surface area contributed by atoms with Gasteiger partial charge >= 0.3 is 0 Å². The number of hydrogen-bond acceptors (Lipinski definition) is 1. The fourth-order valence-electron chi connectivity index (χ4n) is 0.990. The number of ether oxygens (including phenoxy) is 1. The molecule has 69 valence electrons. The minimum Gasteiger partial charge on any atom is -0.371 e. The first-order chi connectivity index (χ1) is 6.43. The van der Waals surface area contributed by atoms with Gasteiger partial charge in [-0.3, -0.25) is 0 Å². The normalized spacial score (nSPS) is 10.8. The highest BCUT2D eigenvalue weighted by Crippen LogP contribution is 2.00. The van der Waals surface area contributed by atoms with Crippen LogP contribution in [0.5, 0.6) is 0 Å². The summed E-state index contributed by atoms with van der Waals surface area (Å²) >= 11 is 0. The molecular formula is C12H15O. The predicted molar refractivity (Wildman–Crippen MR) is 56.0 cm³/mol. The van der Waals surface area contributed by atoms with Crippen molar-refractivity contribution in [3.8, 4) is 0 Å². The van der Waals surface area contributed by atoms with Crippen LogP contribution in [0.1, 0.15) is 18.9 Å². The molecule has 1 radical (unpaired) electrons. The molecule has 13 heavy (non-hydrogen) atoms. The van der Waals surface area contributed by atoms with Crippen molar-refractivity contribution in [2.75, 3.05) is 6.61 Å². The highest BCUT2D eigenvalue weighted by atomic mass is 16.5. The smallest absolute Gasteiger partial charge is 0.0838 e. The number of hydrogen-bond donors (Lipinski definition) is 0. The maximum Gasteiger partial charge on any atom is 0.0838 e. The molecule has 0 atom stereocenters. The quantitative estimate of drug-likeness (QED) is 0.624. The Labute approximate surface area is 80.0 Å². The molecule has 0 fully saturated rings. The largest absolute Gasteiger partial charge is 0.371 e. The van der Waals surface area contributed by atoms with Crippen molar-refractivity contribution >= 4 is 6.08 Å². The van der Waals surface area contributed by atoms with Crippen molar-refractivity contribution in [2.24, 2.45) is 0 Å². The Morgan fingerprint density at radius 1 is 1.23 bits per heavy atom. The van der Waals surface area contributed by atoms with E-state index in [1.165, 1.54) is 5.56 Å². The SMILES string of the molecule is CC[CH]OC/C=C/c1ccccc1. The van der Waals surface area contributed by atoms with E-state index in [0.717, 1.165) is 6.42 Å². The van der Waals surface area contributed by atoms with Gasteiger partial charge in [0.1, 0.15) is 0 Å². The van der Waals surface area contributed by atoms with E-state index >= 15 is 0 Å². The first-order valence-corrected chi connectivity index (χ1v) is 4.58. The van der Waals surface area contributed by atoms with Crippen LogP contribution < -0.4 is 0 Å². The van der Waals surface area contributed by atoms with Crippen LogP contribution in [0.2, 0.25) is 0 Å². The van der Waals surface area contributed by atoms with Gasteiger partial charge < -0.3 is 4.74 Å². The van der Waals surface area contributed by atoms with Gasteiger partial charge in [0.25, 0.3) is 0 Å². The summed E-state index contributed by atoms with van der Waals surface area (Å²) in [5.41, 5.74) is 1.21. The molecule has 0 aliphatic heterocycles. The Kier molecular flexibility index (Phi) is 4.95. The van der Waals surface area contributed by atoms with Crippen molar-refractivity contribution in [3.05, 3.63) is 48.6 Å². The van der Waals surface area contributed by atoms with Crippen molar-refractivity contribution in [1.82, 2.24) is 0 Å². The molecule has 0 saturated heterocycles. The lowest BCUT2D eigenvalue weighted by Crippen LogP contribution is -1.85. The highest BCUT2D eigenvalue weighted by molar-refractivity contribution is 5.48. The van der Waals surface area contributed by atoms with E-state index in [9.17, 15) is 0 Å². The predicted octanol–water partition coefficient (Wildman–Crippen LogP) is 3.29. The maximum absolute atomic E-state index is 5.19. The summed E-state index contributed by atoms with van der Waals surface area (Å²) in [5, 5.41) is 0. The van der Waals surface area contributed by atoms with Gasteiger partial charge in [-0.25, -0.2) is 0 Å². The lowest BCUT2D eigenvalue weighted by molar-refractivity contribution is 0.228. The summed E-state index contributed by atoms with van der Waals surface area (Å²) in [5.74, 6) is 0. The molecule has 1 heteroatoms. The van der Waals surface area contributed by atoms with Gasteiger partial charge in [0.05, 0.1) is 13.2 Å². The van der Waals surface area contributed by atoms with E-state index < -0.39 is 0 Å². The van der Waals surface area contributed by atoms with Crippen molar-refractivity contribution in [2.45, 2.75) is 13.3 Å². The topological polar surface area (TPSA) is 9.23 Å². The van der Waals surface area contributed by atoms with Crippen molar-refractivity contribution in [3.63, 3.8) is 0 Å². The fourth-order valence-corrected chi connectivity index (χ4v) is 0.990. The molecule has 0 bridgehead atoms. The van der Waals surface area contributed by atoms with Crippen LogP contribution in [0, 0.1) is 6.61 Å². The van der Waals surface area contributed by atoms with Gasteiger partial charge in [-0.2, -0.15) is 0 Å².